The molecule has 1 rings (SSSR count). The molecular weight excluding hydrogens is 280 g/mol. The van der Waals surface area contributed by atoms with E-state index >= 15 is 0 Å². The molecule has 1 aromatic carbocycles. The van der Waals surface area contributed by atoms with Gasteiger partial charge in [0.25, 0.3) is 0 Å². The van der Waals surface area contributed by atoms with Crippen molar-refractivity contribution in [2.24, 2.45) is 0 Å². The Bertz CT molecular complexity index is 379. The van der Waals surface area contributed by atoms with Gasteiger partial charge in [-0.2, -0.15) is 0 Å². The molecule has 1 aromatic rings. The van der Waals surface area contributed by atoms with Crippen molar-refractivity contribution in [3.8, 4) is 0 Å². The number of carbonyl (C=O) groups is 1. The molecule has 0 atom stereocenters. The lowest BCUT2D eigenvalue weighted by Crippen LogP contribution is -2.36. The molecule has 0 aliphatic carbocycles. The fourth-order valence-corrected chi connectivity index (χ4v) is 1.89. The van der Waals surface area contributed by atoms with Crippen molar-refractivity contribution in [1.29, 1.82) is 0 Å². The molecule has 4 heteroatoms. The van der Waals surface area contributed by atoms with Gasteiger partial charge in [0.15, 0.2) is 0 Å². The maximum atomic E-state index is 11.7. The highest BCUT2D eigenvalue weighted by Gasteiger charge is 2.12. The third-order valence-corrected chi connectivity index (χ3v) is 3.43. The third kappa shape index (κ3) is 4.48. The van der Waals surface area contributed by atoms with Crippen molar-refractivity contribution >= 4 is 21.8 Å². The molecule has 0 unspecified atom stereocenters. The van der Waals surface area contributed by atoms with Gasteiger partial charge in [-0.1, -0.05) is 41.1 Å². The van der Waals surface area contributed by atoms with Crippen LogP contribution in [0.25, 0.3) is 0 Å². The molecule has 3 nitrogen and oxygen atoms in total. The summed E-state index contributed by atoms with van der Waals surface area (Å²) in [6.45, 7) is 4.18. The minimum atomic E-state index is 0.138. The SMILES string of the molecule is CCN(CC(=O)N(C)C)Cc1ccccc1Br. The third-order valence-electron chi connectivity index (χ3n) is 2.66. The minimum Gasteiger partial charge on any atom is -0.348 e. The monoisotopic (exact) mass is 298 g/mol. The van der Waals surface area contributed by atoms with Crippen LogP contribution in [0.4, 0.5) is 0 Å². The number of hydrogen-bond donors (Lipinski definition) is 0. The average molecular weight is 299 g/mol. The molecule has 17 heavy (non-hydrogen) atoms. The average Bonchev–Trinajstić information content (AvgIpc) is 2.30. The normalized spacial score (nSPS) is 10.6. The van der Waals surface area contributed by atoms with E-state index < -0.39 is 0 Å². The molecule has 0 radical (unpaired) electrons. The molecule has 0 saturated heterocycles. The largest absolute Gasteiger partial charge is 0.348 e. The molecule has 1 amide bonds. The molecule has 0 fully saturated rings. The van der Waals surface area contributed by atoms with Crippen LogP contribution in [0.15, 0.2) is 28.7 Å². The van der Waals surface area contributed by atoms with Gasteiger partial charge in [0, 0.05) is 25.1 Å². The number of likely N-dealkylation sites (N-methyl/N-ethyl adjacent to an activating group) is 2. The zero-order valence-electron chi connectivity index (χ0n) is 10.6. The Morgan fingerprint density at radius 3 is 2.47 bits per heavy atom. The Balaban J connectivity index is 2.64. The zero-order valence-corrected chi connectivity index (χ0v) is 12.2. The summed E-state index contributed by atoms with van der Waals surface area (Å²) < 4.78 is 1.09. The summed E-state index contributed by atoms with van der Waals surface area (Å²) in [6, 6.07) is 8.11. The van der Waals surface area contributed by atoms with Crippen LogP contribution in [-0.2, 0) is 11.3 Å². The van der Waals surface area contributed by atoms with E-state index in [9.17, 15) is 4.79 Å². The predicted octanol–water partition coefficient (Wildman–Crippen LogP) is 2.36. The van der Waals surface area contributed by atoms with Crippen LogP contribution < -0.4 is 0 Å². The number of amides is 1. The summed E-state index contributed by atoms with van der Waals surface area (Å²) in [7, 11) is 3.57. The van der Waals surface area contributed by atoms with Crippen LogP contribution in [0, 0.1) is 0 Å². The first-order chi connectivity index (χ1) is 8.04. The van der Waals surface area contributed by atoms with Crippen LogP contribution in [-0.4, -0.2) is 42.9 Å². The van der Waals surface area contributed by atoms with E-state index in [4.69, 9.17) is 0 Å². The molecule has 0 N–H and O–H groups in total. The molecular formula is C13H19BrN2O. The van der Waals surface area contributed by atoms with E-state index in [-0.39, 0.29) is 5.91 Å². The van der Waals surface area contributed by atoms with E-state index in [2.05, 4.69) is 33.8 Å². The Hall–Kier alpha value is -0.870. The summed E-state index contributed by atoms with van der Waals surface area (Å²) in [5, 5.41) is 0. The van der Waals surface area contributed by atoms with Crippen molar-refractivity contribution in [2.75, 3.05) is 27.2 Å². The molecule has 0 aromatic heterocycles. The molecule has 0 heterocycles. The van der Waals surface area contributed by atoms with Gasteiger partial charge in [-0.05, 0) is 18.2 Å². The Morgan fingerprint density at radius 2 is 1.94 bits per heavy atom. The molecule has 0 saturated carbocycles. The van der Waals surface area contributed by atoms with Crippen molar-refractivity contribution < 1.29 is 4.79 Å². The maximum Gasteiger partial charge on any atom is 0.236 e. The molecule has 0 bridgehead atoms. The Morgan fingerprint density at radius 1 is 1.29 bits per heavy atom. The summed E-state index contributed by atoms with van der Waals surface area (Å²) in [5.41, 5.74) is 1.21. The summed E-state index contributed by atoms with van der Waals surface area (Å²) in [6.07, 6.45) is 0. The number of benzene rings is 1. The number of halogens is 1. The topological polar surface area (TPSA) is 23.6 Å². The van der Waals surface area contributed by atoms with Crippen LogP contribution in [0.3, 0.4) is 0 Å². The van der Waals surface area contributed by atoms with Crippen molar-refractivity contribution in [3.63, 3.8) is 0 Å². The van der Waals surface area contributed by atoms with Crippen molar-refractivity contribution in [1.82, 2.24) is 9.80 Å². The molecule has 0 spiro atoms. The summed E-state index contributed by atoms with van der Waals surface area (Å²) in [5.74, 6) is 0.138. The lowest BCUT2D eigenvalue weighted by molar-refractivity contribution is -0.130. The van der Waals surface area contributed by atoms with Gasteiger partial charge in [-0.25, -0.2) is 0 Å². The van der Waals surface area contributed by atoms with Crippen LogP contribution >= 0.6 is 15.9 Å². The van der Waals surface area contributed by atoms with E-state index in [1.165, 1.54) is 5.56 Å². The van der Waals surface area contributed by atoms with E-state index in [1.54, 1.807) is 19.0 Å². The first-order valence-electron chi connectivity index (χ1n) is 5.70. The van der Waals surface area contributed by atoms with Gasteiger partial charge in [-0.15, -0.1) is 0 Å². The second kappa shape index (κ2) is 6.77. The quantitative estimate of drug-likeness (QED) is 0.833. The lowest BCUT2D eigenvalue weighted by Gasteiger charge is -2.22. The molecule has 0 aliphatic heterocycles. The summed E-state index contributed by atoms with van der Waals surface area (Å²) in [4.78, 5) is 15.4. The van der Waals surface area contributed by atoms with E-state index in [0.29, 0.717) is 6.54 Å². The number of carbonyl (C=O) groups excluding carboxylic acids is 1. The predicted molar refractivity (Wildman–Crippen MR) is 73.8 cm³/mol. The van der Waals surface area contributed by atoms with E-state index in [0.717, 1.165) is 17.6 Å². The van der Waals surface area contributed by atoms with Crippen molar-refractivity contribution in [2.45, 2.75) is 13.5 Å². The van der Waals surface area contributed by atoms with Gasteiger partial charge >= 0.3 is 0 Å². The van der Waals surface area contributed by atoms with Crippen LogP contribution in [0.1, 0.15) is 12.5 Å². The zero-order chi connectivity index (χ0) is 12.8. The number of rotatable bonds is 5. The highest BCUT2D eigenvalue weighted by Crippen LogP contribution is 2.17. The van der Waals surface area contributed by atoms with Gasteiger partial charge in [0.05, 0.1) is 6.54 Å². The van der Waals surface area contributed by atoms with Crippen LogP contribution in [0.5, 0.6) is 0 Å². The Labute approximate surface area is 112 Å². The minimum absolute atomic E-state index is 0.138. The van der Waals surface area contributed by atoms with Crippen molar-refractivity contribution in [3.05, 3.63) is 34.3 Å². The highest BCUT2D eigenvalue weighted by molar-refractivity contribution is 9.10. The lowest BCUT2D eigenvalue weighted by atomic mass is 10.2. The second-order valence-electron chi connectivity index (χ2n) is 4.18. The Kier molecular flexibility index (Phi) is 5.65. The molecule has 0 aliphatic rings. The smallest absolute Gasteiger partial charge is 0.236 e. The first kappa shape index (κ1) is 14.2. The standard InChI is InChI=1S/C13H19BrN2O/c1-4-16(10-13(17)15(2)3)9-11-7-5-6-8-12(11)14/h5-8H,4,9-10H2,1-3H3. The summed E-state index contributed by atoms with van der Waals surface area (Å²) >= 11 is 3.53. The fraction of sp³-hybridized carbons (Fsp3) is 0.462. The fourth-order valence-electron chi connectivity index (χ4n) is 1.48. The van der Waals surface area contributed by atoms with Gasteiger partial charge < -0.3 is 4.90 Å². The molecule has 94 valence electrons. The first-order valence-corrected chi connectivity index (χ1v) is 6.49. The number of nitrogens with zero attached hydrogens (tertiary/aromatic N) is 2. The second-order valence-corrected chi connectivity index (χ2v) is 5.04. The van der Waals surface area contributed by atoms with Crippen LogP contribution in [0.2, 0.25) is 0 Å². The highest BCUT2D eigenvalue weighted by atomic mass is 79.9. The van der Waals surface area contributed by atoms with Gasteiger partial charge in [0.1, 0.15) is 0 Å². The van der Waals surface area contributed by atoms with Gasteiger partial charge in [0.2, 0.25) is 5.91 Å². The van der Waals surface area contributed by atoms with Gasteiger partial charge in [-0.3, -0.25) is 9.69 Å². The number of hydrogen-bond acceptors (Lipinski definition) is 2. The maximum absolute atomic E-state index is 11.7. The van der Waals surface area contributed by atoms with E-state index in [1.807, 2.05) is 18.2 Å².